The largest absolute Gasteiger partial charge is 0.375 e. The maximum Gasteiger partial charge on any atom is 0.318 e. The highest BCUT2D eigenvalue weighted by Gasteiger charge is 2.26. The van der Waals surface area contributed by atoms with Crippen LogP contribution < -0.4 is 5.32 Å². The van der Waals surface area contributed by atoms with Gasteiger partial charge in [-0.25, -0.2) is 4.79 Å². The number of carbonyl (C=O) groups is 1. The van der Waals surface area contributed by atoms with Crippen LogP contribution in [0, 0.1) is 0 Å². The number of likely N-dealkylation sites (N-methyl/N-ethyl adjacent to an activating group) is 1. The summed E-state index contributed by atoms with van der Waals surface area (Å²) in [5, 5.41) is 3.26. The highest BCUT2D eigenvalue weighted by molar-refractivity contribution is 5.75. The molecule has 2 atom stereocenters. The van der Waals surface area contributed by atoms with Crippen LogP contribution >= 0.6 is 0 Å². The number of morpholine rings is 1. The highest BCUT2D eigenvalue weighted by atomic mass is 16.5. The topological polar surface area (TPSA) is 48.1 Å². The van der Waals surface area contributed by atoms with E-state index >= 15 is 0 Å². The molecule has 1 aromatic carbocycles. The third-order valence-electron chi connectivity index (χ3n) is 5.06. The van der Waals surface area contributed by atoms with E-state index in [0.29, 0.717) is 19.7 Å². The lowest BCUT2D eigenvalue weighted by atomic mass is 10.1. The van der Waals surface area contributed by atoms with Crippen LogP contribution in [0.2, 0.25) is 0 Å². The fourth-order valence-electron chi connectivity index (χ4n) is 3.45. The molecule has 2 fully saturated rings. The lowest BCUT2D eigenvalue weighted by molar-refractivity contribution is -0.00411. The Labute approximate surface area is 150 Å². The minimum absolute atomic E-state index is 0.00950. The van der Waals surface area contributed by atoms with Crippen molar-refractivity contribution in [3.05, 3.63) is 35.9 Å². The Hall–Kier alpha value is -1.63. The van der Waals surface area contributed by atoms with Gasteiger partial charge in [-0.05, 0) is 19.5 Å². The van der Waals surface area contributed by atoms with Gasteiger partial charge in [0.05, 0.1) is 18.8 Å². The van der Waals surface area contributed by atoms with Crippen LogP contribution in [0.15, 0.2) is 30.3 Å². The van der Waals surface area contributed by atoms with Crippen molar-refractivity contribution in [1.29, 1.82) is 0 Å². The Morgan fingerprint density at radius 3 is 2.60 bits per heavy atom. The van der Waals surface area contributed by atoms with Gasteiger partial charge in [0.2, 0.25) is 0 Å². The first-order chi connectivity index (χ1) is 12.1. The Bertz CT molecular complexity index is 546. The van der Waals surface area contributed by atoms with E-state index in [4.69, 9.17) is 4.74 Å². The molecule has 0 radical (unpaired) electrons. The Morgan fingerprint density at radius 1 is 1.20 bits per heavy atom. The van der Waals surface area contributed by atoms with E-state index in [1.165, 1.54) is 0 Å². The number of rotatable bonds is 4. The molecule has 2 aliphatic heterocycles. The first-order valence-electron chi connectivity index (χ1n) is 9.24. The maximum absolute atomic E-state index is 12.8. The number of carbonyl (C=O) groups excluding carboxylic acids is 1. The summed E-state index contributed by atoms with van der Waals surface area (Å²) >= 11 is 0. The van der Waals surface area contributed by atoms with E-state index in [1.807, 2.05) is 30.0 Å². The molecule has 2 heterocycles. The van der Waals surface area contributed by atoms with Crippen LogP contribution in [-0.4, -0.2) is 86.3 Å². The molecule has 6 nitrogen and oxygen atoms in total. The molecule has 6 heteroatoms. The van der Waals surface area contributed by atoms with Crippen molar-refractivity contribution in [2.24, 2.45) is 0 Å². The third kappa shape index (κ3) is 5.17. The van der Waals surface area contributed by atoms with E-state index in [9.17, 15) is 4.79 Å². The fourth-order valence-corrected chi connectivity index (χ4v) is 3.45. The fraction of sp³-hybridized carbons (Fsp3) is 0.632. The molecule has 2 amide bonds. The van der Waals surface area contributed by atoms with Crippen molar-refractivity contribution in [2.75, 3.05) is 59.5 Å². The van der Waals surface area contributed by atoms with Crippen molar-refractivity contribution in [2.45, 2.75) is 19.1 Å². The number of ether oxygens (including phenoxy) is 1. The van der Waals surface area contributed by atoms with E-state index < -0.39 is 0 Å². The molecule has 0 unspecified atom stereocenters. The Morgan fingerprint density at radius 2 is 1.92 bits per heavy atom. The molecule has 0 spiro atoms. The zero-order valence-electron chi connectivity index (χ0n) is 15.4. The summed E-state index contributed by atoms with van der Waals surface area (Å²) < 4.78 is 5.54. The molecule has 138 valence electrons. The van der Waals surface area contributed by atoms with Crippen molar-refractivity contribution >= 4 is 6.03 Å². The molecule has 25 heavy (non-hydrogen) atoms. The van der Waals surface area contributed by atoms with E-state index in [-0.39, 0.29) is 18.2 Å². The summed E-state index contributed by atoms with van der Waals surface area (Å²) in [7, 11) is 2.16. The van der Waals surface area contributed by atoms with E-state index in [1.54, 1.807) is 0 Å². The molecule has 0 saturated carbocycles. The van der Waals surface area contributed by atoms with Gasteiger partial charge in [0, 0.05) is 45.8 Å². The van der Waals surface area contributed by atoms with Crippen molar-refractivity contribution < 1.29 is 9.53 Å². The second kappa shape index (κ2) is 8.65. The first kappa shape index (κ1) is 18.2. The number of piperazine rings is 1. The molecule has 3 rings (SSSR count). The first-order valence-corrected chi connectivity index (χ1v) is 9.24. The van der Waals surface area contributed by atoms with Gasteiger partial charge in [0.25, 0.3) is 0 Å². The third-order valence-corrected chi connectivity index (χ3v) is 5.06. The van der Waals surface area contributed by atoms with Gasteiger partial charge in [-0.15, -0.1) is 0 Å². The lowest BCUT2D eigenvalue weighted by Crippen LogP contribution is -2.52. The van der Waals surface area contributed by atoms with Gasteiger partial charge < -0.3 is 19.9 Å². The standard InChI is InChI=1S/C19H30N4O2/c1-16-14-23(12-13-25-16)19(24)20-18(17-6-4-3-5-7-17)15-22-10-8-21(2)9-11-22/h3-7,16,18H,8-15H2,1-2H3,(H,20,24)/t16-,18+/m1/s1. The van der Waals surface area contributed by atoms with Gasteiger partial charge in [-0.2, -0.15) is 0 Å². The molecular formula is C19H30N4O2. The van der Waals surface area contributed by atoms with Gasteiger partial charge in [0.15, 0.2) is 0 Å². The van der Waals surface area contributed by atoms with Gasteiger partial charge in [0.1, 0.15) is 0 Å². The summed E-state index contributed by atoms with van der Waals surface area (Å²) in [5.74, 6) is 0. The minimum Gasteiger partial charge on any atom is -0.375 e. The number of nitrogens with zero attached hydrogens (tertiary/aromatic N) is 3. The second-order valence-electron chi connectivity index (χ2n) is 7.14. The smallest absolute Gasteiger partial charge is 0.318 e. The van der Waals surface area contributed by atoms with Crippen molar-refractivity contribution in [3.63, 3.8) is 0 Å². The van der Waals surface area contributed by atoms with Crippen LogP contribution in [0.3, 0.4) is 0 Å². The number of hydrogen-bond acceptors (Lipinski definition) is 4. The molecule has 2 saturated heterocycles. The quantitative estimate of drug-likeness (QED) is 0.895. The molecule has 0 bridgehead atoms. The molecular weight excluding hydrogens is 316 g/mol. The zero-order chi connectivity index (χ0) is 17.6. The van der Waals surface area contributed by atoms with Gasteiger partial charge >= 0.3 is 6.03 Å². The van der Waals surface area contributed by atoms with Crippen LogP contribution in [0.5, 0.6) is 0 Å². The summed E-state index contributed by atoms with van der Waals surface area (Å²) in [6.45, 7) is 9.04. The SMILES string of the molecule is C[C@@H]1CN(C(=O)N[C@@H](CN2CCN(C)CC2)c2ccccc2)CCO1. The predicted molar refractivity (Wildman–Crippen MR) is 98.6 cm³/mol. The number of benzene rings is 1. The van der Waals surface area contributed by atoms with Crippen LogP contribution in [0.1, 0.15) is 18.5 Å². The Balaban J connectivity index is 1.65. The average molecular weight is 346 g/mol. The second-order valence-corrected chi connectivity index (χ2v) is 7.14. The minimum atomic E-state index is 0.00950. The highest BCUT2D eigenvalue weighted by Crippen LogP contribution is 2.16. The average Bonchev–Trinajstić information content (AvgIpc) is 2.63. The summed E-state index contributed by atoms with van der Waals surface area (Å²) in [6, 6.07) is 10.3. The normalized spacial score (nSPS) is 24.1. The monoisotopic (exact) mass is 346 g/mol. The van der Waals surface area contributed by atoms with Crippen molar-refractivity contribution in [3.8, 4) is 0 Å². The molecule has 0 aromatic heterocycles. The number of hydrogen-bond donors (Lipinski definition) is 1. The van der Waals surface area contributed by atoms with E-state index in [0.717, 1.165) is 38.3 Å². The number of urea groups is 1. The van der Waals surface area contributed by atoms with Crippen LogP contribution in [0.25, 0.3) is 0 Å². The van der Waals surface area contributed by atoms with Gasteiger partial charge in [-0.1, -0.05) is 30.3 Å². The summed E-state index contributed by atoms with van der Waals surface area (Å²) in [4.78, 5) is 19.4. The van der Waals surface area contributed by atoms with Crippen molar-refractivity contribution in [1.82, 2.24) is 20.0 Å². The summed E-state index contributed by atoms with van der Waals surface area (Å²) in [6.07, 6.45) is 0.104. The molecule has 0 aliphatic carbocycles. The molecule has 1 N–H and O–H groups in total. The van der Waals surface area contributed by atoms with Gasteiger partial charge in [-0.3, -0.25) is 4.90 Å². The van der Waals surface area contributed by atoms with Crippen LogP contribution in [0.4, 0.5) is 4.79 Å². The van der Waals surface area contributed by atoms with E-state index in [2.05, 4.69) is 34.3 Å². The Kier molecular flexibility index (Phi) is 6.29. The maximum atomic E-state index is 12.8. The molecule has 2 aliphatic rings. The number of amides is 2. The number of nitrogens with one attached hydrogen (secondary N) is 1. The zero-order valence-corrected chi connectivity index (χ0v) is 15.4. The molecule has 1 aromatic rings. The summed E-state index contributed by atoms with van der Waals surface area (Å²) in [5.41, 5.74) is 1.16. The van der Waals surface area contributed by atoms with Crippen LogP contribution in [-0.2, 0) is 4.74 Å². The lowest BCUT2D eigenvalue weighted by Gasteiger charge is -2.36. The predicted octanol–water partition coefficient (Wildman–Crippen LogP) is 1.41.